The standard InChI is InChI=1S/C9H6BrF3N2/c10-3-5-6(9(11,12)13)1-2-7-8(5)15-4-14-7/h1-2,4H,3H2,(H,14,15). The van der Waals surface area contributed by atoms with Gasteiger partial charge < -0.3 is 4.98 Å². The number of hydrogen-bond donors (Lipinski definition) is 1. The number of aromatic amines is 1. The molecule has 0 saturated carbocycles. The summed E-state index contributed by atoms with van der Waals surface area (Å²) in [5.74, 6) is 0. The number of hydrogen-bond acceptors (Lipinski definition) is 1. The van der Waals surface area contributed by atoms with E-state index in [4.69, 9.17) is 0 Å². The maximum Gasteiger partial charge on any atom is 0.416 e. The molecule has 0 aliphatic heterocycles. The molecule has 6 heteroatoms. The van der Waals surface area contributed by atoms with E-state index in [0.717, 1.165) is 6.07 Å². The monoisotopic (exact) mass is 278 g/mol. The zero-order valence-electron chi connectivity index (χ0n) is 7.40. The van der Waals surface area contributed by atoms with Crippen molar-refractivity contribution in [2.75, 3.05) is 0 Å². The minimum Gasteiger partial charge on any atom is -0.345 e. The molecule has 0 fully saturated rings. The summed E-state index contributed by atoms with van der Waals surface area (Å²) in [5.41, 5.74) is 0.499. The Morgan fingerprint density at radius 2 is 2.07 bits per heavy atom. The van der Waals surface area contributed by atoms with Crippen LogP contribution in [-0.2, 0) is 11.5 Å². The van der Waals surface area contributed by atoms with Crippen molar-refractivity contribution in [3.63, 3.8) is 0 Å². The zero-order valence-corrected chi connectivity index (χ0v) is 8.98. The molecule has 1 N–H and O–H groups in total. The number of halogens is 4. The van der Waals surface area contributed by atoms with E-state index >= 15 is 0 Å². The van der Waals surface area contributed by atoms with Gasteiger partial charge in [0.15, 0.2) is 0 Å². The van der Waals surface area contributed by atoms with Crippen LogP contribution in [0, 0.1) is 0 Å². The van der Waals surface area contributed by atoms with E-state index in [9.17, 15) is 13.2 Å². The molecule has 0 radical (unpaired) electrons. The number of fused-ring (bicyclic) bond motifs is 1. The van der Waals surface area contributed by atoms with Crippen LogP contribution in [0.3, 0.4) is 0 Å². The summed E-state index contributed by atoms with van der Waals surface area (Å²) < 4.78 is 37.8. The van der Waals surface area contributed by atoms with Crippen LogP contribution in [0.5, 0.6) is 0 Å². The fourth-order valence-electron chi connectivity index (χ4n) is 1.47. The van der Waals surface area contributed by atoms with Crippen LogP contribution in [0.1, 0.15) is 11.1 Å². The van der Waals surface area contributed by atoms with Crippen molar-refractivity contribution >= 4 is 27.0 Å². The van der Waals surface area contributed by atoms with Gasteiger partial charge in [-0.05, 0) is 12.1 Å². The summed E-state index contributed by atoms with van der Waals surface area (Å²) in [6.07, 6.45) is -2.95. The molecule has 2 rings (SSSR count). The highest BCUT2D eigenvalue weighted by Crippen LogP contribution is 2.35. The highest BCUT2D eigenvalue weighted by Gasteiger charge is 2.34. The van der Waals surface area contributed by atoms with Gasteiger partial charge in [0.05, 0.1) is 22.9 Å². The SMILES string of the molecule is FC(F)(F)c1ccc2[nH]cnc2c1CBr. The Labute approximate surface area is 91.6 Å². The lowest BCUT2D eigenvalue weighted by molar-refractivity contribution is -0.138. The highest BCUT2D eigenvalue weighted by molar-refractivity contribution is 9.08. The first-order valence-corrected chi connectivity index (χ1v) is 5.24. The molecule has 0 aliphatic rings. The van der Waals surface area contributed by atoms with Gasteiger partial charge in [-0.2, -0.15) is 13.2 Å². The molecular formula is C9H6BrF3N2. The number of rotatable bonds is 1. The number of aromatic nitrogens is 2. The second-order valence-electron chi connectivity index (χ2n) is 3.02. The van der Waals surface area contributed by atoms with Crippen LogP contribution in [0.25, 0.3) is 11.0 Å². The Morgan fingerprint density at radius 1 is 1.33 bits per heavy atom. The Hall–Kier alpha value is -1.04. The minimum absolute atomic E-state index is 0.129. The maximum atomic E-state index is 12.6. The quantitative estimate of drug-likeness (QED) is 0.795. The van der Waals surface area contributed by atoms with E-state index < -0.39 is 11.7 Å². The molecule has 0 aliphatic carbocycles. The molecule has 0 amide bonds. The number of imidazole rings is 1. The van der Waals surface area contributed by atoms with E-state index in [0.29, 0.717) is 11.0 Å². The van der Waals surface area contributed by atoms with E-state index in [1.165, 1.54) is 12.4 Å². The Balaban J connectivity index is 2.75. The highest BCUT2D eigenvalue weighted by atomic mass is 79.9. The Kier molecular flexibility index (Phi) is 2.46. The topological polar surface area (TPSA) is 28.7 Å². The number of alkyl halides is 4. The molecule has 2 aromatic rings. The van der Waals surface area contributed by atoms with Crippen LogP contribution in [0.4, 0.5) is 13.2 Å². The van der Waals surface area contributed by atoms with Gasteiger partial charge in [0.1, 0.15) is 0 Å². The second kappa shape index (κ2) is 3.52. The summed E-state index contributed by atoms with van der Waals surface area (Å²) in [7, 11) is 0. The van der Waals surface area contributed by atoms with Gasteiger partial charge in [-0.25, -0.2) is 4.98 Å². The Bertz CT molecular complexity index is 490. The molecule has 0 saturated heterocycles. The molecule has 1 aromatic carbocycles. The largest absolute Gasteiger partial charge is 0.416 e. The third kappa shape index (κ3) is 1.73. The Morgan fingerprint density at radius 3 is 2.67 bits per heavy atom. The number of nitrogens with zero attached hydrogens (tertiary/aromatic N) is 1. The van der Waals surface area contributed by atoms with Gasteiger partial charge in [0, 0.05) is 10.9 Å². The van der Waals surface area contributed by atoms with E-state index in [-0.39, 0.29) is 10.9 Å². The molecule has 0 unspecified atom stereocenters. The van der Waals surface area contributed by atoms with Crippen molar-refractivity contribution < 1.29 is 13.2 Å². The van der Waals surface area contributed by atoms with Gasteiger partial charge >= 0.3 is 6.18 Å². The zero-order chi connectivity index (χ0) is 11.1. The molecule has 0 atom stereocenters. The first-order valence-electron chi connectivity index (χ1n) is 4.12. The molecule has 1 aromatic heterocycles. The molecular weight excluding hydrogens is 273 g/mol. The summed E-state index contributed by atoms with van der Waals surface area (Å²) in [5, 5.41) is 0.129. The molecule has 0 spiro atoms. The predicted molar refractivity (Wildman–Crippen MR) is 53.7 cm³/mol. The number of H-pyrrole nitrogens is 1. The minimum atomic E-state index is -4.34. The van der Waals surface area contributed by atoms with Crippen molar-refractivity contribution in [3.8, 4) is 0 Å². The smallest absolute Gasteiger partial charge is 0.345 e. The summed E-state index contributed by atoms with van der Waals surface area (Å²) in [6.45, 7) is 0. The van der Waals surface area contributed by atoms with E-state index in [1.54, 1.807) is 0 Å². The first kappa shape index (κ1) is 10.5. The van der Waals surface area contributed by atoms with Crippen LogP contribution < -0.4 is 0 Å². The number of nitrogens with one attached hydrogen (secondary N) is 1. The molecule has 15 heavy (non-hydrogen) atoms. The van der Waals surface area contributed by atoms with Gasteiger partial charge in [-0.15, -0.1) is 0 Å². The van der Waals surface area contributed by atoms with E-state index in [2.05, 4.69) is 25.9 Å². The molecule has 80 valence electrons. The lowest BCUT2D eigenvalue weighted by atomic mass is 10.1. The molecule has 0 bridgehead atoms. The summed E-state index contributed by atoms with van der Waals surface area (Å²) >= 11 is 3.05. The fraction of sp³-hybridized carbons (Fsp3) is 0.222. The summed E-state index contributed by atoms with van der Waals surface area (Å²) in [6, 6.07) is 2.45. The molecule has 2 nitrogen and oxygen atoms in total. The summed E-state index contributed by atoms with van der Waals surface area (Å²) in [4.78, 5) is 6.65. The van der Waals surface area contributed by atoms with E-state index in [1.807, 2.05) is 0 Å². The normalized spacial score (nSPS) is 12.3. The molecule has 1 heterocycles. The lowest BCUT2D eigenvalue weighted by Gasteiger charge is -2.11. The fourth-order valence-corrected chi connectivity index (χ4v) is 2.04. The van der Waals surface area contributed by atoms with Crippen molar-refractivity contribution in [2.24, 2.45) is 0 Å². The maximum absolute atomic E-state index is 12.6. The third-order valence-electron chi connectivity index (χ3n) is 2.14. The first-order chi connectivity index (χ1) is 7.04. The number of benzene rings is 1. The van der Waals surface area contributed by atoms with Gasteiger partial charge in [-0.1, -0.05) is 15.9 Å². The van der Waals surface area contributed by atoms with Crippen molar-refractivity contribution in [3.05, 3.63) is 29.6 Å². The van der Waals surface area contributed by atoms with Crippen LogP contribution >= 0.6 is 15.9 Å². The van der Waals surface area contributed by atoms with Crippen molar-refractivity contribution in [2.45, 2.75) is 11.5 Å². The second-order valence-corrected chi connectivity index (χ2v) is 3.58. The van der Waals surface area contributed by atoms with Crippen LogP contribution in [0.15, 0.2) is 18.5 Å². The van der Waals surface area contributed by atoms with Crippen LogP contribution in [0.2, 0.25) is 0 Å². The average molecular weight is 279 g/mol. The third-order valence-corrected chi connectivity index (χ3v) is 2.70. The predicted octanol–water partition coefficient (Wildman–Crippen LogP) is 3.48. The van der Waals surface area contributed by atoms with Gasteiger partial charge in [0.2, 0.25) is 0 Å². The van der Waals surface area contributed by atoms with Crippen LogP contribution in [-0.4, -0.2) is 9.97 Å². The van der Waals surface area contributed by atoms with Crippen molar-refractivity contribution in [1.82, 2.24) is 9.97 Å². The average Bonchev–Trinajstić information content (AvgIpc) is 2.61. The van der Waals surface area contributed by atoms with Gasteiger partial charge in [0.25, 0.3) is 0 Å². The lowest BCUT2D eigenvalue weighted by Crippen LogP contribution is -2.08. The van der Waals surface area contributed by atoms with Gasteiger partial charge in [-0.3, -0.25) is 0 Å². The van der Waals surface area contributed by atoms with Crippen molar-refractivity contribution in [1.29, 1.82) is 0 Å².